The van der Waals surface area contributed by atoms with Gasteiger partial charge in [-0.05, 0) is 43.3 Å². The van der Waals surface area contributed by atoms with Crippen LogP contribution in [0.3, 0.4) is 0 Å². The fourth-order valence-corrected chi connectivity index (χ4v) is 3.31. The van der Waals surface area contributed by atoms with Gasteiger partial charge >= 0.3 is 0 Å². The summed E-state index contributed by atoms with van der Waals surface area (Å²) in [5.41, 5.74) is 1.63. The number of pyridine rings is 1. The number of hydrogen-bond donors (Lipinski definition) is 2. The molecule has 154 valence electrons. The zero-order valence-corrected chi connectivity index (χ0v) is 16.5. The Balaban J connectivity index is 1.51. The summed E-state index contributed by atoms with van der Waals surface area (Å²) >= 11 is 0. The van der Waals surface area contributed by atoms with E-state index in [1.165, 1.54) is 13.1 Å². The molecule has 8 heteroatoms. The van der Waals surface area contributed by atoms with Crippen molar-refractivity contribution >= 4 is 35.0 Å². The van der Waals surface area contributed by atoms with Crippen LogP contribution in [-0.4, -0.2) is 39.6 Å². The van der Waals surface area contributed by atoms with E-state index >= 15 is 0 Å². The van der Waals surface area contributed by atoms with Crippen molar-refractivity contribution in [1.82, 2.24) is 9.88 Å². The van der Waals surface area contributed by atoms with E-state index < -0.39 is 23.8 Å². The molecule has 3 aromatic rings. The van der Waals surface area contributed by atoms with Gasteiger partial charge in [-0.1, -0.05) is 24.3 Å². The molecule has 31 heavy (non-hydrogen) atoms. The largest absolute Gasteiger partial charge is 0.322 e. The number of para-hydroxylation sites is 2. The average molecular weight is 414 g/mol. The van der Waals surface area contributed by atoms with E-state index in [2.05, 4.69) is 15.6 Å². The van der Waals surface area contributed by atoms with Gasteiger partial charge in [-0.2, -0.15) is 0 Å². The third-order valence-corrected chi connectivity index (χ3v) is 4.95. The molecule has 0 aliphatic carbocycles. The van der Waals surface area contributed by atoms with Crippen LogP contribution in [-0.2, 0) is 4.79 Å². The highest BCUT2D eigenvalue weighted by Crippen LogP contribution is 2.26. The zero-order chi connectivity index (χ0) is 22.0. The molecule has 2 N–H and O–H groups in total. The third-order valence-electron chi connectivity index (χ3n) is 4.95. The number of hydrogen-bond acceptors (Lipinski definition) is 5. The Labute approximate surface area is 177 Å². The molecule has 1 atom stereocenters. The molecule has 1 aliphatic rings. The Morgan fingerprint density at radius 3 is 2.00 bits per heavy atom. The number of rotatable bonds is 5. The molecule has 0 spiro atoms. The van der Waals surface area contributed by atoms with Gasteiger partial charge < -0.3 is 10.6 Å². The van der Waals surface area contributed by atoms with E-state index in [1.807, 2.05) is 0 Å². The average Bonchev–Trinajstić information content (AvgIpc) is 3.05. The minimum atomic E-state index is -1.05. The maximum atomic E-state index is 12.9. The Hall–Kier alpha value is -4.33. The maximum Gasteiger partial charge on any atom is 0.262 e. The van der Waals surface area contributed by atoms with Crippen molar-refractivity contribution in [2.75, 3.05) is 10.6 Å². The molecule has 4 amide bonds. The smallest absolute Gasteiger partial charge is 0.262 e. The summed E-state index contributed by atoms with van der Waals surface area (Å²) in [4.78, 5) is 55.4. The monoisotopic (exact) mass is 414 g/mol. The Morgan fingerprint density at radius 1 is 0.839 bits per heavy atom. The molecule has 0 saturated carbocycles. The second kappa shape index (κ2) is 8.19. The molecule has 1 aromatic heterocycles. The number of nitrogens with zero attached hydrogens (tertiary/aromatic N) is 2. The van der Waals surface area contributed by atoms with Gasteiger partial charge in [0.15, 0.2) is 0 Å². The van der Waals surface area contributed by atoms with Gasteiger partial charge in [-0.15, -0.1) is 0 Å². The van der Waals surface area contributed by atoms with Crippen LogP contribution < -0.4 is 10.6 Å². The van der Waals surface area contributed by atoms with Gasteiger partial charge in [-0.3, -0.25) is 29.1 Å². The number of carbonyl (C=O) groups is 4. The fraction of sp³-hybridized carbons (Fsp3) is 0.0870. The highest BCUT2D eigenvalue weighted by atomic mass is 16.2. The minimum absolute atomic E-state index is 0.274. The van der Waals surface area contributed by atoms with Gasteiger partial charge in [0, 0.05) is 12.4 Å². The summed E-state index contributed by atoms with van der Waals surface area (Å²) in [6, 6.07) is 15.3. The van der Waals surface area contributed by atoms with E-state index in [0.717, 1.165) is 4.90 Å². The Morgan fingerprint density at radius 2 is 1.42 bits per heavy atom. The molecule has 8 nitrogen and oxygen atoms in total. The summed E-state index contributed by atoms with van der Waals surface area (Å²) in [6.45, 7) is 1.48. The summed E-state index contributed by atoms with van der Waals surface area (Å²) in [5.74, 6) is -1.97. The molecular formula is C23H18N4O4. The Bertz CT molecular complexity index is 1160. The number of imide groups is 1. The molecule has 0 radical (unpaired) electrons. The molecule has 1 aliphatic heterocycles. The number of amides is 4. The predicted octanol–water partition coefficient (Wildman–Crippen LogP) is 2.96. The lowest BCUT2D eigenvalue weighted by atomic mass is 10.1. The standard InChI is InChI=1S/C23H18N4O4/c1-14(27-22(30)16-8-2-3-9-17(16)23(27)31)20(28)25-18-10-4-5-11-19(18)26-21(29)15-7-6-12-24-13-15/h2-14H,1H3,(H,25,28)(H,26,29). The zero-order valence-electron chi connectivity index (χ0n) is 16.5. The van der Waals surface area contributed by atoms with Crippen LogP contribution in [0.15, 0.2) is 73.1 Å². The van der Waals surface area contributed by atoms with Crippen LogP contribution in [0.2, 0.25) is 0 Å². The highest BCUT2D eigenvalue weighted by Gasteiger charge is 2.40. The first-order valence-electron chi connectivity index (χ1n) is 9.55. The first kappa shape index (κ1) is 20.0. The third kappa shape index (κ3) is 3.78. The summed E-state index contributed by atoms with van der Waals surface area (Å²) in [7, 11) is 0. The van der Waals surface area contributed by atoms with Crippen molar-refractivity contribution in [3.8, 4) is 0 Å². The molecule has 0 fully saturated rings. The highest BCUT2D eigenvalue weighted by molar-refractivity contribution is 6.23. The summed E-state index contributed by atoms with van der Waals surface area (Å²) < 4.78 is 0. The first-order chi connectivity index (χ1) is 15.0. The van der Waals surface area contributed by atoms with Crippen LogP contribution in [0.1, 0.15) is 38.0 Å². The number of anilines is 2. The van der Waals surface area contributed by atoms with Crippen molar-refractivity contribution in [3.05, 3.63) is 89.7 Å². The molecule has 4 rings (SSSR count). The van der Waals surface area contributed by atoms with Crippen LogP contribution >= 0.6 is 0 Å². The van der Waals surface area contributed by atoms with E-state index in [4.69, 9.17) is 0 Å². The lowest BCUT2D eigenvalue weighted by Gasteiger charge is -2.22. The van der Waals surface area contributed by atoms with E-state index in [0.29, 0.717) is 16.9 Å². The quantitative estimate of drug-likeness (QED) is 0.624. The van der Waals surface area contributed by atoms with E-state index in [9.17, 15) is 19.2 Å². The van der Waals surface area contributed by atoms with Crippen LogP contribution in [0.25, 0.3) is 0 Å². The molecule has 0 saturated heterocycles. The van der Waals surface area contributed by atoms with Crippen molar-refractivity contribution in [1.29, 1.82) is 0 Å². The molecule has 0 bridgehead atoms. The van der Waals surface area contributed by atoms with Crippen LogP contribution in [0.4, 0.5) is 11.4 Å². The topological polar surface area (TPSA) is 108 Å². The second-order valence-corrected chi connectivity index (χ2v) is 6.93. The number of fused-ring (bicyclic) bond motifs is 1. The van der Waals surface area contributed by atoms with Crippen molar-refractivity contribution in [2.24, 2.45) is 0 Å². The normalized spacial score (nSPS) is 13.5. The van der Waals surface area contributed by atoms with E-state index in [-0.39, 0.29) is 17.0 Å². The van der Waals surface area contributed by atoms with Crippen molar-refractivity contribution in [2.45, 2.75) is 13.0 Å². The second-order valence-electron chi connectivity index (χ2n) is 6.93. The van der Waals surface area contributed by atoms with Crippen LogP contribution in [0.5, 0.6) is 0 Å². The molecule has 2 heterocycles. The van der Waals surface area contributed by atoms with Crippen molar-refractivity contribution in [3.63, 3.8) is 0 Å². The van der Waals surface area contributed by atoms with Gasteiger partial charge in [0.25, 0.3) is 17.7 Å². The van der Waals surface area contributed by atoms with Gasteiger partial charge in [0.1, 0.15) is 6.04 Å². The lowest BCUT2D eigenvalue weighted by molar-refractivity contribution is -0.119. The van der Waals surface area contributed by atoms with Gasteiger partial charge in [0.2, 0.25) is 5.91 Å². The lowest BCUT2D eigenvalue weighted by Crippen LogP contribution is -2.45. The first-order valence-corrected chi connectivity index (χ1v) is 9.55. The fourth-order valence-electron chi connectivity index (χ4n) is 3.31. The van der Waals surface area contributed by atoms with E-state index in [1.54, 1.807) is 66.9 Å². The molecular weight excluding hydrogens is 396 g/mol. The van der Waals surface area contributed by atoms with Gasteiger partial charge in [0.05, 0.1) is 28.1 Å². The number of carbonyl (C=O) groups excluding carboxylic acids is 4. The number of aromatic nitrogens is 1. The Kier molecular flexibility index (Phi) is 5.28. The molecule has 1 unspecified atom stereocenters. The minimum Gasteiger partial charge on any atom is -0.322 e. The number of benzene rings is 2. The predicted molar refractivity (Wildman–Crippen MR) is 114 cm³/mol. The summed E-state index contributed by atoms with van der Waals surface area (Å²) in [5, 5.41) is 5.43. The summed E-state index contributed by atoms with van der Waals surface area (Å²) in [6.07, 6.45) is 2.99. The SMILES string of the molecule is CC(C(=O)Nc1ccccc1NC(=O)c1cccnc1)N1C(=O)c2ccccc2C1=O. The van der Waals surface area contributed by atoms with Gasteiger partial charge in [-0.25, -0.2) is 0 Å². The van der Waals surface area contributed by atoms with Crippen LogP contribution in [0, 0.1) is 0 Å². The number of nitrogens with one attached hydrogen (secondary N) is 2. The maximum absolute atomic E-state index is 12.9. The molecule has 2 aromatic carbocycles. The van der Waals surface area contributed by atoms with Crippen molar-refractivity contribution < 1.29 is 19.2 Å².